The lowest BCUT2D eigenvalue weighted by Crippen LogP contribution is -2.43. The van der Waals surface area contributed by atoms with E-state index in [-0.39, 0.29) is 11.2 Å². The highest BCUT2D eigenvalue weighted by molar-refractivity contribution is 5.16. The quantitative estimate of drug-likeness (QED) is 0.670. The molecule has 2 rings (SSSR count). The van der Waals surface area contributed by atoms with Crippen LogP contribution in [0.4, 0.5) is 0 Å². The minimum Gasteiger partial charge on any atom is -0.357 e. The summed E-state index contributed by atoms with van der Waals surface area (Å²) in [6, 6.07) is 0.694. The van der Waals surface area contributed by atoms with Crippen molar-refractivity contribution in [1.82, 2.24) is 4.90 Å². The minimum absolute atomic E-state index is 0.0138. The van der Waals surface area contributed by atoms with E-state index in [1.807, 2.05) is 0 Å². The van der Waals surface area contributed by atoms with Crippen molar-refractivity contribution >= 4 is 0 Å². The average molecular weight is 263 g/mol. The van der Waals surface area contributed by atoms with E-state index in [4.69, 9.17) is 4.74 Å². The van der Waals surface area contributed by atoms with Crippen LogP contribution in [-0.4, -0.2) is 35.2 Å². The maximum absolute atomic E-state index is 6.19. The fourth-order valence-electron chi connectivity index (χ4n) is 3.37. The summed E-state index contributed by atoms with van der Waals surface area (Å²) < 4.78 is 6.19. The first-order chi connectivity index (χ1) is 8.90. The van der Waals surface area contributed by atoms with Gasteiger partial charge in [-0.3, -0.25) is 4.90 Å². The normalized spacial score (nSPS) is 35.5. The second-order valence-electron chi connectivity index (χ2n) is 7.06. The third kappa shape index (κ3) is 4.23. The molecule has 2 aliphatic heterocycles. The summed E-state index contributed by atoms with van der Waals surface area (Å²) in [5.74, 6) is 6.79. The van der Waals surface area contributed by atoms with Gasteiger partial charge in [-0.05, 0) is 66.3 Å². The highest BCUT2D eigenvalue weighted by atomic mass is 16.5. The van der Waals surface area contributed by atoms with Crippen molar-refractivity contribution in [3.05, 3.63) is 0 Å². The van der Waals surface area contributed by atoms with Crippen LogP contribution in [-0.2, 0) is 4.74 Å². The Labute approximate surface area is 118 Å². The number of hydrogen-bond donors (Lipinski definition) is 0. The van der Waals surface area contributed by atoms with Gasteiger partial charge in [0, 0.05) is 6.04 Å². The molecule has 108 valence electrons. The largest absolute Gasteiger partial charge is 0.357 e. The molecule has 0 radical (unpaired) electrons. The number of nitrogens with zero attached hydrogens (tertiary/aromatic N) is 1. The molecule has 0 N–H and O–H groups in total. The molecule has 0 spiro atoms. The van der Waals surface area contributed by atoms with Gasteiger partial charge in [-0.15, -0.1) is 0 Å². The molecule has 0 aliphatic carbocycles. The van der Waals surface area contributed by atoms with Crippen LogP contribution >= 0.6 is 0 Å². The molecule has 2 fully saturated rings. The number of likely N-dealkylation sites (tertiary alicyclic amines) is 1. The van der Waals surface area contributed by atoms with Crippen LogP contribution in [0.3, 0.4) is 0 Å². The van der Waals surface area contributed by atoms with Gasteiger partial charge in [-0.2, -0.15) is 0 Å². The van der Waals surface area contributed by atoms with Crippen molar-refractivity contribution < 1.29 is 4.74 Å². The van der Waals surface area contributed by atoms with Crippen molar-refractivity contribution in [3.63, 3.8) is 0 Å². The van der Waals surface area contributed by atoms with Gasteiger partial charge >= 0.3 is 0 Å². The summed E-state index contributed by atoms with van der Waals surface area (Å²) in [4.78, 5) is 2.51. The maximum Gasteiger partial charge on any atom is 0.126 e. The van der Waals surface area contributed by atoms with Crippen molar-refractivity contribution in [1.29, 1.82) is 0 Å². The molecule has 2 heteroatoms. The van der Waals surface area contributed by atoms with E-state index >= 15 is 0 Å². The zero-order valence-electron chi connectivity index (χ0n) is 13.1. The van der Waals surface area contributed by atoms with Gasteiger partial charge in [0.1, 0.15) is 5.60 Å². The molecule has 0 bridgehead atoms. The first-order valence-corrected chi connectivity index (χ1v) is 7.85. The molecule has 0 unspecified atom stereocenters. The zero-order valence-corrected chi connectivity index (χ0v) is 13.1. The molecule has 0 saturated carbocycles. The summed E-state index contributed by atoms with van der Waals surface area (Å²) in [5, 5.41) is 0. The molecule has 2 atom stereocenters. The second-order valence-corrected chi connectivity index (χ2v) is 7.06. The first kappa shape index (κ1) is 14.9. The second kappa shape index (κ2) is 5.85. The molecule has 2 saturated heterocycles. The average Bonchev–Trinajstić information content (AvgIpc) is 2.30. The van der Waals surface area contributed by atoms with Gasteiger partial charge in [0.25, 0.3) is 0 Å². The molecule has 2 aliphatic rings. The Kier molecular flexibility index (Phi) is 4.58. The van der Waals surface area contributed by atoms with Crippen LogP contribution in [0.2, 0.25) is 0 Å². The Morgan fingerprint density at radius 1 is 1.16 bits per heavy atom. The Hall–Kier alpha value is -0.520. The van der Waals surface area contributed by atoms with E-state index in [1.54, 1.807) is 0 Å². The Bertz CT molecular complexity index is 365. The fourth-order valence-corrected chi connectivity index (χ4v) is 3.37. The standard InChI is InChI=1S/C17H29NO/c1-15-9-5-6-13-18(15)14-8-12-17(4)11-7-10-16(2,3)19-17/h15H,5-7,9-11,13-14H2,1-4H3/t15-,17+/m1/s1. The summed E-state index contributed by atoms with van der Waals surface area (Å²) in [6.45, 7) is 10.9. The monoisotopic (exact) mass is 263 g/mol. The van der Waals surface area contributed by atoms with E-state index < -0.39 is 0 Å². The SMILES string of the molecule is C[C@@H]1CCCCN1CC#C[C@]1(C)CCCC(C)(C)O1. The molecular formula is C17H29NO. The van der Waals surface area contributed by atoms with Crippen molar-refractivity contribution in [2.24, 2.45) is 0 Å². The summed E-state index contributed by atoms with van der Waals surface area (Å²) in [7, 11) is 0. The summed E-state index contributed by atoms with van der Waals surface area (Å²) in [5.41, 5.74) is -0.249. The molecular weight excluding hydrogens is 234 g/mol. The Morgan fingerprint density at radius 2 is 1.95 bits per heavy atom. The van der Waals surface area contributed by atoms with Gasteiger partial charge in [0.05, 0.1) is 12.1 Å². The summed E-state index contributed by atoms with van der Waals surface area (Å²) in [6.07, 6.45) is 7.46. The lowest BCUT2D eigenvalue weighted by atomic mass is 9.88. The van der Waals surface area contributed by atoms with Crippen LogP contribution in [0.1, 0.15) is 66.2 Å². The predicted octanol–water partition coefficient (Wildman–Crippen LogP) is 3.60. The number of piperidine rings is 1. The van der Waals surface area contributed by atoms with E-state index in [1.165, 1.54) is 32.2 Å². The zero-order chi connectivity index (χ0) is 13.9. The minimum atomic E-state index is -0.235. The van der Waals surface area contributed by atoms with Gasteiger partial charge < -0.3 is 4.74 Å². The molecule has 0 aromatic carbocycles. The lowest BCUT2D eigenvalue weighted by molar-refractivity contribution is -0.135. The summed E-state index contributed by atoms with van der Waals surface area (Å²) >= 11 is 0. The lowest BCUT2D eigenvalue weighted by Gasteiger charge is -2.40. The van der Waals surface area contributed by atoms with Gasteiger partial charge in [-0.1, -0.05) is 18.3 Å². The van der Waals surface area contributed by atoms with E-state index in [9.17, 15) is 0 Å². The third-order valence-corrected chi connectivity index (χ3v) is 4.51. The number of rotatable bonds is 1. The molecule has 2 nitrogen and oxygen atoms in total. The third-order valence-electron chi connectivity index (χ3n) is 4.51. The molecule has 2 heterocycles. The van der Waals surface area contributed by atoms with E-state index in [0.29, 0.717) is 6.04 Å². The van der Waals surface area contributed by atoms with Crippen LogP contribution < -0.4 is 0 Å². The number of ether oxygens (including phenoxy) is 1. The smallest absolute Gasteiger partial charge is 0.126 e. The van der Waals surface area contributed by atoms with Crippen molar-refractivity contribution in [2.45, 2.75) is 83.5 Å². The molecule has 0 aromatic rings. The van der Waals surface area contributed by atoms with Crippen LogP contribution in [0, 0.1) is 11.8 Å². The Morgan fingerprint density at radius 3 is 2.63 bits per heavy atom. The first-order valence-electron chi connectivity index (χ1n) is 7.85. The molecule has 19 heavy (non-hydrogen) atoms. The Balaban J connectivity index is 1.91. The fraction of sp³-hybridized carbons (Fsp3) is 0.882. The molecule has 0 aromatic heterocycles. The van der Waals surface area contributed by atoms with E-state index in [0.717, 1.165) is 19.4 Å². The van der Waals surface area contributed by atoms with Gasteiger partial charge in [0.2, 0.25) is 0 Å². The van der Waals surface area contributed by atoms with Crippen molar-refractivity contribution in [2.75, 3.05) is 13.1 Å². The number of hydrogen-bond acceptors (Lipinski definition) is 2. The highest BCUT2D eigenvalue weighted by Gasteiger charge is 2.35. The van der Waals surface area contributed by atoms with Crippen molar-refractivity contribution in [3.8, 4) is 11.8 Å². The van der Waals surface area contributed by atoms with Crippen LogP contribution in [0.15, 0.2) is 0 Å². The maximum atomic E-state index is 6.19. The topological polar surface area (TPSA) is 12.5 Å². The van der Waals surface area contributed by atoms with Gasteiger partial charge in [-0.25, -0.2) is 0 Å². The molecule has 0 amide bonds. The highest BCUT2D eigenvalue weighted by Crippen LogP contribution is 2.34. The predicted molar refractivity (Wildman–Crippen MR) is 80.1 cm³/mol. The van der Waals surface area contributed by atoms with Gasteiger partial charge in [0.15, 0.2) is 0 Å². The van der Waals surface area contributed by atoms with Crippen LogP contribution in [0.25, 0.3) is 0 Å². The van der Waals surface area contributed by atoms with Crippen LogP contribution in [0.5, 0.6) is 0 Å². The van der Waals surface area contributed by atoms with E-state index in [2.05, 4.69) is 44.4 Å².